The zero-order valence-corrected chi connectivity index (χ0v) is 10.4. The Kier molecular flexibility index (Phi) is 4.29. The third kappa shape index (κ3) is 3.28. The van der Waals surface area contributed by atoms with Gasteiger partial charge in [0, 0.05) is 31.5 Å². The molecule has 0 aromatic carbocycles. The molecule has 0 aromatic heterocycles. The molecule has 1 aliphatic carbocycles. The Bertz CT molecular complexity index is 226. The summed E-state index contributed by atoms with van der Waals surface area (Å²) >= 11 is 0. The van der Waals surface area contributed by atoms with Crippen LogP contribution in [0.2, 0.25) is 0 Å². The maximum atomic E-state index is 12.0. The number of rotatable bonds is 5. The molecule has 1 saturated carbocycles. The molecule has 1 atom stereocenters. The second-order valence-electron chi connectivity index (χ2n) is 5.24. The molecule has 0 bridgehead atoms. The Labute approximate surface area is 92.8 Å². The maximum Gasteiger partial charge on any atom is 0.142 e. The van der Waals surface area contributed by atoms with Crippen LogP contribution in [0.5, 0.6) is 0 Å². The molecule has 0 aliphatic heterocycles. The predicted octanol–water partition coefficient (Wildman–Crippen LogP) is 1.57. The molecule has 1 fully saturated rings. The molecule has 0 radical (unpaired) electrons. The van der Waals surface area contributed by atoms with Crippen LogP contribution >= 0.6 is 0 Å². The summed E-state index contributed by atoms with van der Waals surface area (Å²) in [4.78, 5) is 14.2. The maximum absolute atomic E-state index is 12.0. The summed E-state index contributed by atoms with van der Waals surface area (Å²) < 4.78 is 5.02. The fourth-order valence-corrected chi connectivity index (χ4v) is 2.23. The normalized spacial score (nSPS) is 25.1. The molecule has 1 unspecified atom stereocenters. The first-order valence-electron chi connectivity index (χ1n) is 5.69. The summed E-state index contributed by atoms with van der Waals surface area (Å²) in [6.45, 7) is 6.64. The van der Waals surface area contributed by atoms with Crippen molar-refractivity contribution in [2.45, 2.75) is 26.7 Å². The standard InChI is InChI=1S/C12H23NO2/c1-12(2)6-5-10(11(12)14)9-13(3)7-8-15-4/h10H,5-9H2,1-4H3. The summed E-state index contributed by atoms with van der Waals surface area (Å²) in [5.41, 5.74) is -0.0905. The van der Waals surface area contributed by atoms with E-state index in [1.54, 1.807) is 7.11 Å². The van der Waals surface area contributed by atoms with Crippen LogP contribution in [0.4, 0.5) is 0 Å². The molecule has 88 valence electrons. The second kappa shape index (κ2) is 5.08. The molecule has 0 amide bonds. The van der Waals surface area contributed by atoms with Gasteiger partial charge >= 0.3 is 0 Å². The van der Waals surface area contributed by atoms with Crippen molar-refractivity contribution in [2.24, 2.45) is 11.3 Å². The molecule has 3 nitrogen and oxygen atoms in total. The number of hydrogen-bond acceptors (Lipinski definition) is 3. The lowest BCUT2D eigenvalue weighted by Crippen LogP contribution is -2.33. The Hall–Kier alpha value is -0.410. The Morgan fingerprint density at radius 1 is 1.53 bits per heavy atom. The van der Waals surface area contributed by atoms with Crippen molar-refractivity contribution in [1.82, 2.24) is 4.90 Å². The molecular weight excluding hydrogens is 190 g/mol. The van der Waals surface area contributed by atoms with E-state index >= 15 is 0 Å². The average Bonchev–Trinajstić information content (AvgIpc) is 2.42. The molecule has 15 heavy (non-hydrogen) atoms. The van der Waals surface area contributed by atoms with E-state index in [1.807, 2.05) is 0 Å². The number of carbonyl (C=O) groups is 1. The lowest BCUT2D eigenvalue weighted by atomic mass is 9.89. The van der Waals surface area contributed by atoms with Gasteiger partial charge in [0.05, 0.1) is 6.61 Å². The zero-order chi connectivity index (χ0) is 11.5. The predicted molar refractivity (Wildman–Crippen MR) is 60.9 cm³/mol. The van der Waals surface area contributed by atoms with Gasteiger partial charge in [-0.05, 0) is 19.9 Å². The minimum Gasteiger partial charge on any atom is -0.383 e. The van der Waals surface area contributed by atoms with E-state index in [-0.39, 0.29) is 11.3 Å². The molecule has 0 aromatic rings. The van der Waals surface area contributed by atoms with Crippen molar-refractivity contribution in [3.8, 4) is 0 Å². The third-order valence-corrected chi connectivity index (χ3v) is 3.36. The van der Waals surface area contributed by atoms with Crippen LogP contribution in [-0.2, 0) is 9.53 Å². The van der Waals surface area contributed by atoms with Crippen LogP contribution < -0.4 is 0 Å². The Morgan fingerprint density at radius 2 is 2.20 bits per heavy atom. The van der Waals surface area contributed by atoms with Crippen LogP contribution in [0.25, 0.3) is 0 Å². The number of ketones is 1. The summed E-state index contributed by atoms with van der Waals surface area (Å²) in [6, 6.07) is 0. The van der Waals surface area contributed by atoms with E-state index in [0.29, 0.717) is 5.78 Å². The third-order valence-electron chi connectivity index (χ3n) is 3.36. The summed E-state index contributed by atoms with van der Waals surface area (Å²) in [5.74, 6) is 0.675. The highest BCUT2D eigenvalue weighted by Gasteiger charge is 2.40. The van der Waals surface area contributed by atoms with Crippen LogP contribution in [0.1, 0.15) is 26.7 Å². The van der Waals surface area contributed by atoms with E-state index in [2.05, 4.69) is 25.8 Å². The van der Waals surface area contributed by atoms with Gasteiger partial charge in [-0.25, -0.2) is 0 Å². The molecule has 0 heterocycles. The number of hydrogen-bond donors (Lipinski definition) is 0. The van der Waals surface area contributed by atoms with Crippen molar-refractivity contribution >= 4 is 5.78 Å². The Balaban J connectivity index is 2.37. The first kappa shape index (κ1) is 12.7. The number of methoxy groups -OCH3 is 1. The molecular formula is C12H23NO2. The fraction of sp³-hybridized carbons (Fsp3) is 0.917. The largest absolute Gasteiger partial charge is 0.383 e. The summed E-state index contributed by atoms with van der Waals surface area (Å²) in [7, 11) is 3.76. The number of likely N-dealkylation sites (N-methyl/N-ethyl adjacent to an activating group) is 1. The van der Waals surface area contributed by atoms with Gasteiger partial charge in [0.1, 0.15) is 5.78 Å². The van der Waals surface area contributed by atoms with Crippen molar-refractivity contribution < 1.29 is 9.53 Å². The number of Topliss-reactive ketones (excluding diaryl/α,β-unsaturated/α-hetero) is 1. The topological polar surface area (TPSA) is 29.5 Å². The van der Waals surface area contributed by atoms with Gasteiger partial charge in [-0.3, -0.25) is 4.79 Å². The first-order valence-corrected chi connectivity index (χ1v) is 5.69. The van der Waals surface area contributed by atoms with Crippen LogP contribution in [0.15, 0.2) is 0 Å². The van der Waals surface area contributed by atoms with Gasteiger partial charge in [0.15, 0.2) is 0 Å². The van der Waals surface area contributed by atoms with E-state index in [4.69, 9.17) is 4.74 Å². The second-order valence-corrected chi connectivity index (χ2v) is 5.24. The van der Waals surface area contributed by atoms with E-state index < -0.39 is 0 Å². The van der Waals surface area contributed by atoms with Crippen molar-refractivity contribution in [3.63, 3.8) is 0 Å². The molecule has 1 aliphatic rings. The zero-order valence-electron chi connectivity index (χ0n) is 10.4. The van der Waals surface area contributed by atoms with E-state index in [0.717, 1.165) is 32.5 Å². The highest BCUT2D eigenvalue weighted by Crippen LogP contribution is 2.37. The monoisotopic (exact) mass is 213 g/mol. The molecule has 1 rings (SSSR count). The first-order chi connectivity index (χ1) is 6.97. The van der Waals surface area contributed by atoms with Gasteiger partial charge in [-0.15, -0.1) is 0 Å². The van der Waals surface area contributed by atoms with Crippen molar-refractivity contribution in [2.75, 3.05) is 33.9 Å². The van der Waals surface area contributed by atoms with Gasteiger partial charge in [0.2, 0.25) is 0 Å². The quantitative estimate of drug-likeness (QED) is 0.694. The highest BCUT2D eigenvalue weighted by molar-refractivity contribution is 5.88. The molecule has 0 saturated heterocycles. The van der Waals surface area contributed by atoms with Crippen molar-refractivity contribution in [1.29, 1.82) is 0 Å². The molecule has 0 spiro atoms. The minimum atomic E-state index is -0.0905. The highest BCUT2D eigenvalue weighted by atomic mass is 16.5. The van der Waals surface area contributed by atoms with Crippen LogP contribution in [-0.4, -0.2) is 44.5 Å². The smallest absolute Gasteiger partial charge is 0.142 e. The summed E-state index contributed by atoms with van der Waals surface area (Å²) in [6.07, 6.45) is 2.08. The van der Waals surface area contributed by atoms with Gasteiger partial charge in [-0.2, -0.15) is 0 Å². The lowest BCUT2D eigenvalue weighted by Gasteiger charge is -2.21. The SMILES string of the molecule is COCCN(C)CC1CCC(C)(C)C1=O. The van der Waals surface area contributed by atoms with E-state index in [9.17, 15) is 4.79 Å². The van der Waals surface area contributed by atoms with Gasteiger partial charge in [-0.1, -0.05) is 13.8 Å². The van der Waals surface area contributed by atoms with Gasteiger partial charge < -0.3 is 9.64 Å². The van der Waals surface area contributed by atoms with Crippen molar-refractivity contribution in [3.05, 3.63) is 0 Å². The lowest BCUT2D eigenvalue weighted by molar-refractivity contribution is -0.127. The Morgan fingerprint density at radius 3 is 2.67 bits per heavy atom. The average molecular weight is 213 g/mol. The fourth-order valence-electron chi connectivity index (χ4n) is 2.23. The number of nitrogens with zero attached hydrogens (tertiary/aromatic N) is 1. The minimum absolute atomic E-state index is 0.0905. The van der Waals surface area contributed by atoms with Gasteiger partial charge in [0.25, 0.3) is 0 Å². The number of carbonyl (C=O) groups excluding carboxylic acids is 1. The number of ether oxygens (including phenoxy) is 1. The van der Waals surface area contributed by atoms with Crippen LogP contribution in [0.3, 0.4) is 0 Å². The molecule has 0 N–H and O–H groups in total. The molecule has 3 heteroatoms. The summed E-state index contributed by atoms with van der Waals surface area (Å²) in [5, 5.41) is 0. The van der Waals surface area contributed by atoms with Crippen LogP contribution in [0, 0.1) is 11.3 Å². The van der Waals surface area contributed by atoms with E-state index in [1.165, 1.54) is 0 Å².